The molecule has 2 aromatic carbocycles. The largest absolute Gasteiger partial charge is 0.399 e. The van der Waals surface area contributed by atoms with Gasteiger partial charge in [0.2, 0.25) is 0 Å². The Morgan fingerprint density at radius 1 is 0.750 bits per heavy atom. The van der Waals surface area contributed by atoms with Crippen molar-refractivity contribution in [2.45, 2.75) is 12.8 Å². The van der Waals surface area contributed by atoms with Crippen molar-refractivity contribution < 1.29 is 0 Å². The molecule has 2 aromatic rings. The second-order valence-corrected chi connectivity index (χ2v) is 36.4. The Kier molecular flexibility index (Phi) is 19.5. The quantitative estimate of drug-likeness (QED) is 0.152. The minimum absolute atomic E-state index is 0.230. The molecule has 10 unspecified atom stereocenters. The maximum absolute atomic E-state index is 5.63. The third-order valence-electron chi connectivity index (χ3n) is 3.56. The van der Waals surface area contributed by atoms with Gasteiger partial charge in [-0.3, -0.25) is 0 Å². The summed E-state index contributed by atoms with van der Waals surface area (Å²) in [6.07, 6.45) is 5.12. The average Bonchev–Trinajstić information content (AvgIpc) is 2.71. The number of aryl methyl sites for hydroxylation is 2. The predicted octanol–water partition coefficient (Wildman–Crippen LogP) is 9.14. The molecule has 0 bridgehead atoms. The second kappa shape index (κ2) is 18.7. The number of hydrogen-bond donors (Lipinski definition) is 1. The zero-order valence-electron chi connectivity index (χ0n) is 15.6. The highest BCUT2D eigenvalue weighted by Crippen LogP contribution is 2.78. The molecule has 0 radical (unpaired) electrons. The van der Waals surface area contributed by atoms with Crippen LogP contribution in [-0.4, -0.2) is 12.3 Å². The van der Waals surface area contributed by atoms with Crippen molar-refractivity contribution in [3.05, 3.63) is 63.2 Å². The van der Waals surface area contributed by atoms with Crippen LogP contribution in [0.15, 0.2) is 48.5 Å². The van der Waals surface area contributed by atoms with Crippen molar-refractivity contribution in [3.63, 3.8) is 0 Å². The molecule has 156 valence electrons. The van der Waals surface area contributed by atoms with Gasteiger partial charge in [-0.25, -0.2) is 0 Å². The molecule has 2 rings (SSSR count). The molecule has 0 fully saturated rings. The summed E-state index contributed by atoms with van der Waals surface area (Å²) < 4.78 is 1.33. The van der Waals surface area contributed by atoms with Crippen LogP contribution in [-0.2, 0) is 12.8 Å². The Morgan fingerprint density at radius 3 is 1.54 bits per heavy atom. The number of nitrogens with two attached hydrogens (primary N) is 1. The van der Waals surface area contributed by atoms with E-state index in [0.717, 1.165) is 38.1 Å². The van der Waals surface area contributed by atoms with Crippen LogP contribution < -0.4 is 5.73 Å². The van der Waals surface area contributed by atoms with E-state index in [-0.39, 0.29) is 14.0 Å². The molecule has 1 nitrogen and oxygen atoms in total. The van der Waals surface area contributed by atoms with Gasteiger partial charge in [0.25, 0.3) is 0 Å². The molecular weight excluding hydrogens is 643 g/mol. The fourth-order valence-electron chi connectivity index (χ4n) is 2.07. The van der Waals surface area contributed by atoms with E-state index in [4.69, 9.17) is 5.73 Å². The molecule has 12 heteroatoms. The molecule has 28 heavy (non-hydrogen) atoms. The van der Waals surface area contributed by atoms with Crippen LogP contribution in [0.4, 0.5) is 5.69 Å². The summed E-state index contributed by atoms with van der Waals surface area (Å²) in [6, 6.07) is 17.1. The normalized spacial score (nSPS) is 14.5. The molecule has 0 amide bonds. The minimum atomic E-state index is 0.230. The van der Waals surface area contributed by atoms with Crippen LogP contribution >= 0.6 is 105 Å². The maximum atomic E-state index is 5.63. The molecule has 0 saturated carbocycles. The smallest absolute Gasteiger partial charge is 0.0314 e. The Labute approximate surface area is 203 Å². The summed E-state index contributed by atoms with van der Waals surface area (Å²) in [4.78, 5) is 0. The highest BCUT2D eigenvalue weighted by atomic mass is 127. The van der Waals surface area contributed by atoms with Crippen LogP contribution in [0, 0.1) is 3.57 Å². The van der Waals surface area contributed by atoms with Crippen LogP contribution in [0.25, 0.3) is 0 Å². The van der Waals surface area contributed by atoms with Crippen LogP contribution in [0.3, 0.4) is 0 Å². The fourth-order valence-corrected chi connectivity index (χ4v) is 17.5. The van der Waals surface area contributed by atoms with Crippen LogP contribution in [0.2, 0.25) is 0 Å². The van der Waals surface area contributed by atoms with Crippen molar-refractivity contribution in [2.75, 3.05) is 18.1 Å². The Balaban J connectivity index is 0.000000280. The number of anilines is 1. The van der Waals surface area contributed by atoms with E-state index in [1.807, 2.05) is 12.1 Å². The van der Waals surface area contributed by atoms with Gasteiger partial charge in [0.15, 0.2) is 0 Å². The summed E-state index contributed by atoms with van der Waals surface area (Å²) >= 11 is 2.35. The summed E-state index contributed by atoms with van der Waals surface area (Å²) in [7, 11) is 16.0. The number of hydrogen-bond acceptors (Lipinski definition) is 1. The van der Waals surface area contributed by atoms with Gasteiger partial charge in [-0.2, -0.15) is 0 Å². The van der Waals surface area contributed by atoms with E-state index in [0.29, 0.717) is 0 Å². The van der Waals surface area contributed by atoms with Gasteiger partial charge in [-0.15, -0.1) is 35.7 Å². The first-order valence-corrected chi connectivity index (χ1v) is 26.9. The van der Waals surface area contributed by atoms with E-state index in [1.165, 1.54) is 39.9 Å². The van der Waals surface area contributed by atoms with E-state index >= 15 is 0 Å². The summed E-state index contributed by atoms with van der Waals surface area (Å²) in [5.41, 5.74) is 9.38. The highest BCUT2D eigenvalue weighted by molar-refractivity contribution is 14.1. The first-order valence-electron chi connectivity index (χ1n) is 8.52. The van der Waals surface area contributed by atoms with Crippen molar-refractivity contribution in [2.24, 2.45) is 0 Å². The molecular formula is C16H30INP10. The van der Waals surface area contributed by atoms with Gasteiger partial charge in [0.05, 0.1) is 0 Å². The maximum Gasteiger partial charge on any atom is 0.0314 e. The third-order valence-corrected chi connectivity index (χ3v) is 37.7. The fraction of sp³-hybridized carbons (Fsp3) is 0.250. The number of halogens is 1. The Hall–Kier alpha value is 3.27. The molecule has 0 aliphatic heterocycles. The van der Waals surface area contributed by atoms with Gasteiger partial charge < -0.3 is 5.73 Å². The minimum Gasteiger partial charge on any atom is -0.399 e. The molecule has 0 spiro atoms. The van der Waals surface area contributed by atoms with Crippen molar-refractivity contribution in [1.29, 1.82) is 0 Å². The number of rotatable bonds is 10. The highest BCUT2D eigenvalue weighted by Gasteiger charge is 1.99. The average molecular weight is 673 g/mol. The lowest BCUT2D eigenvalue weighted by Gasteiger charge is -2.08. The van der Waals surface area contributed by atoms with Crippen LogP contribution in [0.1, 0.15) is 11.1 Å². The summed E-state index contributed by atoms with van der Waals surface area (Å²) in [6.45, 7) is 0.483. The molecule has 0 aromatic heterocycles. The first kappa shape index (κ1) is 29.3. The monoisotopic (exact) mass is 673 g/mol. The Bertz CT molecular complexity index is 585. The van der Waals surface area contributed by atoms with Gasteiger partial charge in [0.1, 0.15) is 0 Å². The van der Waals surface area contributed by atoms with Crippen molar-refractivity contribution >= 4 is 110 Å². The molecule has 10 atom stereocenters. The molecule has 2 N–H and O–H groups in total. The third kappa shape index (κ3) is 15.2. The van der Waals surface area contributed by atoms with E-state index in [1.54, 1.807) is 0 Å². The van der Waals surface area contributed by atoms with Crippen molar-refractivity contribution in [3.8, 4) is 0 Å². The van der Waals surface area contributed by atoms with Gasteiger partial charge in [-0.05, 0) is 97.1 Å². The van der Waals surface area contributed by atoms with Crippen molar-refractivity contribution in [1.82, 2.24) is 0 Å². The van der Waals surface area contributed by atoms with Crippen LogP contribution in [0.5, 0.6) is 0 Å². The van der Waals surface area contributed by atoms with Gasteiger partial charge in [-0.1, -0.05) is 56.7 Å². The number of benzene rings is 2. The topological polar surface area (TPSA) is 26.0 Å². The number of nitrogen functional groups attached to an aromatic ring is 1. The lowest BCUT2D eigenvalue weighted by atomic mass is 10.2. The summed E-state index contributed by atoms with van der Waals surface area (Å²) in [5, 5.41) is 0. The Morgan fingerprint density at radius 2 is 1.14 bits per heavy atom. The van der Waals surface area contributed by atoms with E-state index < -0.39 is 0 Å². The second-order valence-electron chi connectivity index (χ2n) is 5.68. The summed E-state index contributed by atoms with van der Waals surface area (Å²) in [5.74, 6) is 0. The lowest BCUT2D eigenvalue weighted by molar-refractivity contribution is 1.16. The standard InChI is InChI=1S/C8H14IP5.C8H16NP5/c2*9-8-3-1-7(2-4-8)5-6-12-14(11)13-10/h1-4,12-13H,5-6,10-11H2;1-4,12-13H,5-6,9-11H2. The van der Waals surface area contributed by atoms with Gasteiger partial charge >= 0.3 is 0 Å². The predicted molar refractivity (Wildman–Crippen MR) is 173 cm³/mol. The first-order chi connectivity index (χ1) is 13.4. The molecule has 0 heterocycles. The molecule has 0 aliphatic carbocycles. The zero-order valence-corrected chi connectivity index (χ0v) is 28.2. The van der Waals surface area contributed by atoms with E-state index in [2.05, 4.69) is 94.7 Å². The van der Waals surface area contributed by atoms with Gasteiger partial charge in [0, 0.05) is 9.26 Å². The lowest BCUT2D eigenvalue weighted by Crippen LogP contribution is -1.88. The molecule has 0 aliphatic rings. The van der Waals surface area contributed by atoms with E-state index in [9.17, 15) is 0 Å². The SMILES string of the molecule is Nc1ccc(CCPP(P)PP)cc1.PPP(P)PCCc1ccc(I)cc1. The zero-order chi connectivity index (χ0) is 20.8. The molecule has 0 saturated heterocycles.